The Morgan fingerprint density at radius 2 is 1.72 bits per heavy atom. The molecule has 0 spiro atoms. The fourth-order valence-electron chi connectivity index (χ4n) is 4.32. The number of rotatable bonds is 3. The summed E-state index contributed by atoms with van der Waals surface area (Å²) in [7, 11) is 2.30. The smallest absolute Gasteiger partial charge is 0.0580 e. The third-order valence-corrected chi connectivity index (χ3v) is 5.64. The lowest BCUT2D eigenvalue weighted by Crippen LogP contribution is -2.49. The van der Waals surface area contributed by atoms with Crippen LogP contribution in [0.2, 0.25) is 0 Å². The van der Waals surface area contributed by atoms with Crippen LogP contribution in [0.15, 0.2) is 0 Å². The molecule has 2 N–H and O–H groups in total. The average Bonchev–Trinajstić information content (AvgIpc) is 2.62. The van der Waals surface area contributed by atoms with Crippen LogP contribution in [0.4, 0.5) is 0 Å². The molecule has 2 heterocycles. The van der Waals surface area contributed by atoms with Crippen LogP contribution >= 0.6 is 0 Å². The maximum Gasteiger partial charge on any atom is 0.0580 e. The molecule has 3 fully saturated rings. The maximum atomic E-state index is 10.0. The van der Waals surface area contributed by atoms with E-state index in [1.807, 2.05) is 0 Å². The van der Waals surface area contributed by atoms with Crippen molar-refractivity contribution < 1.29 is 5.11 Å². The van der Waals surface area contributed by atoms with Gasteiger partial charge in [0, 0.05) is 24.7 Å². The first-order valence-electron chi connectivity index (χ1n) is 7.87. The van der Waals surface area contributed by atoms with Crippen molar-refractivity contribution in [1.82, 2.24) is 10.2 Å². The summed E-state index contributed by atoms with van der Waals surface area (Å²) in [6, 6.07) is 2.34. The van der Waals surface area contributed by atoms with Crippen molar-refractivity contribution in [1.29, 1.82) is 0 Å². The fourth-order valence-corrected chi connectivity index (χ4v) is 4.32. The molecular weight excluding hydrogens is 224 g/mol. The van der Waals surface area contributed by atoms with E-state index >= 15 is 0 Å². The molecule has 4 atom stereocenters. The largest absolute Gasteiger partial charge is 0.393 e. The first-order valence-corrected chi connectivity index (χ1v) is 7.87. The standard InChI is InChI=1S/C15H28N2O/c1-17-13-6-7-14(17)9-12(8-13)16-10-11-4-2-3-5-15(11)18/h11-16,18H,2-10H2,1H3. The SMILES string of the molecule is CN1C2CCC1CC(NCC1CCCCC1O)C2. The number of aliphatic hydroxyl groups is 1. The van der Waals surface area contributed by atoms with E-state index in [-0.39, 0.29) is 6.10 Å². The van der Waals surface area contributed by atoms with Crippen molar-refractivity contribution in [3.8, 4) is 0 Å². The van der Waals surface area contributed by atoms with E-state index in [2.05, 4.69) is 17.3 Å². The van der Waals surface area contributed by atoms with Gasteiger partial charge in [-0.2, -0.15) is 0 Å². The van der Waals surface area contributed by atoms with Crippen molar-refractivity contribution in [2.45, 2.75) is 75.6 Å². The first-order chi connectivity index (χ1) is 8.74. The zero-order valence-corrected chi connectivity index (χ0v) is 11.6. The zero-order chi connectivity index (χ0) is 12.5. The Hall–Kier alpha value is -0.120. The van der Waals surface area contributed by atoms with Crippen LogP contribution in [0, 0.1) is 5.92 Å². The summed E-state index contributed by atoms with van der Waals surface area (Å²) >= 11 is 0. The molecule has 2 aliphatic heterocycles. The summed E-state index contributed by atoms with van der Waals surface area (Å²) in [5, 5.41) is 13.8. The second-order valence-electron chi connectivity index (χ2n) is 6.74. The van der Waals surface area contributed by atoms with Gasteiger partial charge in [0.15, 0.2) is 0 Å². The molecule has 1 aliphatic carbocycles. The number of nitrogens with one attached hydrogen (secondary N) is 1. The van der Waals surface area contributed by atoms with Crippen LogP contribution in [0.25, 0.3) is 0 Å². The second-order valence-corrected chi connectivity index (χ2v) is 6.74. The Labute approximate surface area is 111 Å². The van der Waals surface area contributed by atoms with Gasteiger partial charge in [-0.3, -0.25) is 0 Å². The van der Waals surface area contributed by atoms with Crippen LogP contribution in [0.5, 0.6) is 0 Å². The van der Waals surface area contributed by atoms with E-state index in [0.717, 1.165) is 25.0 Å². The lowest BCUT2D eigenvalue weighted by Gasteiger charge is -2.38. The molecular formula is C15H28N2O. The molecule has 0 amide bonds. The van der Waals surface area contributed by atoms with Gasteiger partial charge in [-0.05, 0) is 51.5 Å². The van der Waals surface area contributed by atoms with Crippen LogP contribution < -0.4 is 5.32 Å². The molecule has 104 valence electrons. The summed E-state index contributed by atoms with van der Waals surface area (Å²) < 4.78 is 0. The molecule has 0 radical (unpaired) electrons. The van der Waals surface area contributed by atoms with E-state index in [0.29, 0.717) is 12.0 Å². The molecule has 1 saturated carbocycles. The number of piperidine rings is 1. The molecule has 0 aromatic carbocycles. The monoisotopic (exact) mass is 252 g/mol. The second kappa shape index (κ2) is 5.48. The van der Waals surface area contributed by atoms with E-state index < -0.39 is 0 Å². The highest BCUT2D eigenvalue weighted by molar-refractivity contribution is 4.96. The van der Waals surface area contributed by atoms with Crippen LogP contribution in [-0.4, -0.2) is 47.8 Å². The third kappa shape index (κ3) is 2.59. The Kier molecular flexibility index (Phi) is 3.92. The Balaban J connectivity index is 1.46. The van der Waals surface area contributed by atoms with Crippen molar-refractivity contribution in [2.24, 2.45) is 5.92 Å². The third-order valence-electron chi connectivity index (χ3n) is 5.64. The number of nitrogens with zero attached hydrogens (tertiary/aromatic N) is 1. The van der Waals surface area contributed by atoms with Gasteiger partial charge in [-0.15, -0.1) is 0 Å². The summed E-state index contributed by atoms with van der Waals surface area (Å²) in [5.74, 6) is 0.510. The molecule has 18 heavy (non-hydrogen) atoms. The molecule has 3 heteroatoms. The van der Waals surface area contributed by atoms with Crippen LogP contribution in [-0.2, 0) is 0 Å². The Morgan fingerprint density at radius 3 is 2.39 bits per heavy atom. The minimum absolute atomic E-state index is 0.0470. The molecule has 4 unspecified atom stereocenters. The molecule has 3 aliphatic rings. The van der Waals surface area contributed by atoms with E-state index in [1.54, 1.807) is 0 Å². The summed E-state index contributed by atoms with van der Waals surface area (Å²) in [6.07, 6.45) is 10.1. The van der Waals surface area contributed by atoms with Gasteiger partial charge < -0.3 is 15.3 Å². The summed E-state index contributed by atoms with van der Waals surface area (Å²) in [5.41, 5.74) is 0. The quantitative estimate of drug-likeness (QED) is 0.803. The van der Waals surface area contributed by atoms with Gasteiger partial charge in [0.05, 0.1) is 6.10 Å². The number of hydrogen-bond donors (Lipinski definition) is 2. The minimum atomic E-state index is -0.0470. The van der Waals surface area contributed by atoms with Crippen LogP contribution in [0.3, 0.4) is 0 Å². The van der Waals surface area contributed by atoms with Crippen molar-refractivity contribution in [3.63, 3.8) is 0 Å². The lowest BCUT2D eigenvalue weighted by molar-refractivity contribution is 0.0640. The maximum absolute atomic E-state index is 10.0. The molecule has 3 nitrogen and oxygen atoms in total. The lowest BCUT2D eigenvalue weighted by atomic mass is 9.86. The van der Waals surface area contributed by atoms with Gasteiger partial charge in [0.2, 0.25) is 0 Å². The van der Waals surface area contributed by atoms with Gasteiger partial charge in [0.1, 0.15) is 0 Å². The average molecular weight is 252 g/mol. The zero-order valence-electron chi connectivity index (χ0n) is 11.6. The molecule has 3 rings (SSSR count). The van der Waals surface area contributed by atoms with Gasteiger partial charge in [0.25, 0.3) is 0 Å². The fraction of sp³-hybridized carbons (Fsp3) is 1.00. The first kappa shape index (κ1) is 12.9. The molecule has 0 aromatic heterocycles. The van der Waals surface area contributed by atoms with E-state index in [4.69, 9.17) is 0 Å². The number of aliphatic hydroxyl groups excluding tert-OH is 1. The molecule has 2 bridgehead atoms. The molecule has 2 saturated heterocycles. The summed E-state index contributed by atoms with van der Waals surface area (Å²) in [6.45, 7) is 1.04. The topological polar surface area (TPSA) is 35.5 Å². The van der Waals surface area contributed by atoms with Crippen molar-refractivity contribution in [3.05, 3.63) is 0 Å². The number of hydrogen-bond acceptors (Lipinski definition) is 3. The van der Waals surface area contributed by atoms with Crippen LogP contribution in [0.1, 0.15) is 51.4 Å². The Bertz CT molecular complexity index is 270. The van der Waals surface area contributed by atoms with Crippen molar-refractivity contribution in [2.75, 3.05) is 13.6 Å². The van der Waals surface area contributed by atoms with Crippen molar-refractivity contribution >= 4 is 0 Å². The van der Waals surface area contributed by atoms with Gasteiger partial charge in [-0.25, -0.2) is 0 Å². The Morgan fingerprint density at radius 1 is 1.06 bits per heavy atom. The minimum Gasteiger partial charge on any atom is -0.393 e. The van der Waals surface area contributed by atoms with Gasteiger partial charge in [-0.1, -0.05) is 12.8 Å². The summed E-state index contributed by atoms with van der Waals surface area (Å²) in [4.78, 5) is 2.59. The highest BCUT2D eigenvalue weighted by atomic mass is 16.3. The number of fused-ring (bicyclic) bond motifs is 2. The normalized spacial score (nSPS) is 45.3. The predicted octanol–water partition coefficient (Wildman–Crippen LogP) is 1.75. The van der Waals surface area contributed by atoms with E-state index in [9.17, 15) is 5.11 Å². The van der Waals surface area contributed by atoms with Gasteiger partial charge >= 0.3 is 0 Å². The highest BCUT2D eigenvalue weighted by Gasteiger charge is 2.38. The highest BCUT2D eigenvalue weighted by Crippen LogP contribution is 2.34. The predicted molar refractivity (Wildman–Crippen MR) is 73.6 cm³/mol. The molecule has 0 aromatic rings. The van der Waals surface area contributed by atoms with E-state index in [1.165, 1.54) is 44.9 Å².